The topological polar surface area (TPSA) is 88.9 Å². The Morgan fingerprint density at radius 3 is 2.84 bits per heavy atom. The number of pyridine rings is 1. The van der Waals surface area contributed by atoms with Crippen LogP contribution in [0, 0.1) is 0 Å². The zero-order valence-electron chi connectivity index (χ0n) is 21.3. The number of ether oxygens (including phenoxy) is 1. The maximum atomic E-state index is 13.7. The Balaban J connectivity index is 1.50. The van der Waals surface area contributed by atoms with E-state index in [0.29, 0.717) is 18.7 Å². The number of tetrazole rings is 1. The molecule has 0 unspecified atom stereocenters. The van der Waals surface area contributed by atoms with E-state index in [-0.39, 0.29) is 23.7 Å². The van der Waals surface area contributed by atoms with E-state index < -0.39 is 0 Å². The van der Waals surface area contributed by atoms with Gasteiger partial charge in [0.15, 0.2) is 5.82 Å². The van der Waals surface area contributed by atoms with E-state index in [9.17, 15) is 4.79 Å². The van der Waals surface area contributed by atoms with Gasteiger partial charge in [0.1, 0.15) is 6.04 Å². The molecule has 2 aliphatic rings. The van der Waals surface area contributed by atoms with Crippen LogP contribution in [0.2, 0.25) is 0 Å². The van der Waals surface area contributed by atoms with Crippen LogP contribution in [0.1, 0.15) is 79.4 Å². The van der Waals surface area contributed by atoms with Crippen molar-refractivity contribution < 1.29 is 4.74 Å². The van der Waals surface area contributed by atoms with Gasteiger partial charge in [0.25, 0.3) is 5.56 Å². The van der Waals surface area contributed by atoms with Crippen molar-refractivity contribution in [3.05, 3.63) is 74.0 Å². The SMILES string of the molecule is CCc1ccc2[nH]c(=O)c([C@H](c3nnnn3C3CCCC3)N(Cc3cccs3)C[C@@H]3CCCO3)cc2c1. The number of aryl methyl sites for hydroxylation is 1. The van der Waals surface area contributed by atoms with Gasteiger partial charge in [-0.3, -0.25) is 9.69 Å². The number of H-pyrrole nitrogens is 1. The van der Waals surface area contributed by atoms with Crippen LogP contribution >= 0.6 is 11.3 Å². The van der Waals surface area contributed by atoms with Crippen molar-refractivity contribution in [1.82, 2.24) is 30.1 Å². The quantitative estimate of drug-likeness (QED) is 0.335. The fourth-order valence-electron chi connectivity index (χ4n) is 5.90. The van der Waals surface area contributed by atoms with E-state index in [1.807, 2.05) is 10.7 Å². The van der Waals surface area contributed by atoms with Gasteiger partial charge < -0.3 is 9.72 Å². The lowest BCUT2D eigenvalue weighted by Crippen LogP contribution is -2.39. The summed E-state index contributed by atoms with van der Waals surface area (Å²) < 4.78 is 8.08. The van der Waals surface area contributed by atoms with Gasteiger partial charge in [0, 0.05) is 35.7 Å². The lowest BCUT2D eigenvalue weighted by atomic mass is 10.0. The number of nitrogens with one attached hydrogen (secondary N) is 1. The molecule has 1 aromatic carbocycles. The van der Waals surface area contributed by atoms with E-state index in [1.54, 1.807) is 11.3 Å². The van der Waals surface area contributed by atoms with E-state index >= 15 is 0 Å². The first kappa shape index (κ1) is 24.5. The molecular weight excluding hydrogens is 484 g/mol. The van der Waals surface area contributed by atoms with Crippen molar-refractivity contribution in [1.29, 1.82) is 0 Å². The van der Waals surface area contributed by atoms with E-state index in [1.165, 1.54) is 23.3 Å². The van der Waals surface area contributed by atoms with Gasteiger partial charge in [0.05, 0.1) is 12.1 Å². The molecule has 1 aliphatic carbocycles. The highest BCUT2D eigenvalue weighted by molar-refractivity contribution is 7.09. The maximum absolute atomic E-state index is 13.7. The highest BCUT2D eigenvalue weighted by atomic mass is 32.1. The Morgan fingerprint density at radius 1 is 1.19 bits per heavy atom. The van der Waals surface area contributed by atoms with Crippen molar-refractivity contribution in [3.63, 3.8) is 0 Å². The van der Waals surface area contributed by atoms with Crippen molar-refractivity contribution in [2.24, 2.45) is 0 Å². The van der Waals surface area contributed by atoms with Crippen LogP contribution in [-0.4, -0.2) is 49.3 Å². The van der Waals surface area contributed by atoms with E-state index in [4.69, 9.17) is 4.74 Å². The van der Waals surface area contributed by atoms with Crippen molar-refractivity contribution in [2.45, 2.75) is 76.6 Å². The predicted octanol–water partition coefficient (Wildman–Crippen LogP) is 5.02. The highest BCUT2D eigenvalue weighted by Crippen LogP contribution is 2.35. The predicted molar refractivity (Wildman–Crippen MR) is 145 cm³/mol. The number of nitrogens with zero attached hydrogens (tertiary/aromatic N) is 5. The molecule has 0 spiro atoms. The monoisotopic (exact) mass is 518 g/mol. The highest BCUT2D eigenvalue weighted by Gasteiger charge is 2.35. The molecule has 0 radical (unpaired) electrons. The molecule has 9 heteroatoms. The summed E-state index contributed by atoms with van der Waals surface area (Å²) in [5, 5.41) is 16.3. The van der Waals surface area contributed by atoms with Gasteiger partial charge in [0.2, 0.25) is 0 Å². The Bertz CT molecular complexity index is 1390. The van der Waals surface area contributed by atoms with E-state index in [0.717, 1.165) is 55.4 Å². The zero-order chi connectivity index (χ0) is 25.2. The maximum Gasteiger partial charge on any atom is 0.253 e. The Labute approximate surface area is 220 Å². The molecule has 1 N–H and O–H groups in total. The molecule has 194 valence electrons. The summed E-state index contributed by atoms with van der Waals surface area (Å²) in [6.07, 6.45) is 7.65. The summed E-state index contributed by atoms with van der Waals surface area (Å²) in [6, 6.07) is 12.4. The Hall–Kier alpha value is -2.88. The molecule has 3 aromatic heterocycles. The minimum atomic E-state index is -0.389. The van der Waals surface area contributed by atoms with Crippen LogP contribution in [0.5, 0.6) is 0 Å². The van der Waals surface area contributed by atoms with Gasteiger partial charge in [-0.15, -0.1) is 16.4 Å². The lowest BCUT2D eigenvalue weighted by Gasteiger charge is -2.33. The summed E-state index contributed by atoms with van der Waals surface area (Å²) in [7, 11) is 0. The zero-order valence-corrected chi connectivity index (χ0v) is 22.1. The third kappa shape index (κ3) is 5.12. The second-order valence-corrected chi connectivity index (χ2v) is 11.3. The van der Waals surface area contributed by atoms with Crippen molar-refractivity contribution in [3.8, 4) is 0 Å². The summed E-state index contributed by atoms with van der Waals surface area (Å²) in [4.78, 5) is 20.5. The first-order valence-electron chi connectivity index (χ1n) is 13.5. The van der Waals surface area contributed by atoms with Crippen molar-refractivity contribution in [2.75, 3.05) is 13.2 Å². The minimum Gasteiger partial charge on any atom is -0.377 e. The number of aromatic amines is 1. The lowest BCUT2D eigenvalue weighted by molar-refractivity contribution is 0.0574. The average molecular weight is 519 g/mol. The van der Waals surface area contributed by atoms with Crippen LogP contribution < -0.4 is 5.56 Å². The average Bonchev–Trinajstić information content (AvgIpc) is 3.73. The largest absolute Gasteiger partial charge is 0.377 e. The van der Waals surface area contributed by atoms with Crippen LogP contribution in [0.4, 0.5) is 0 Å². The molecule has 2 atom stereocenters. The normalized spacial score (nSPS) is 19.4. The number of rotatable bonds is 9. The number of hydrogen-bond donors (Lipinski definition) is 1. The van der Waals surface area contributed by atoms with Gasteiger partial charge >= 0.3 is 0 Å². The van der Waals surface area contributed by atoms with Crippen LogP contribution in [0.15, 0.2) is 46.6 Å². The molecule has 0 amide bonds. The molecule has 4 aromatic rings. The number of benzene rings is 1. The molecule has 6 rings (SSSR count). The summed E-state index contributed by atoms with van der Waals surface area (Å²) in [5.74, 6) is 0.748. The first-order valence-corrected chi connectivity index (χ1v) is 14.4. The van der Waals surface area contributed by atoms with Gasteiger partial charge in [-0.2, -0.15) is 0 Å². The third-order valence-electron chi connectivity index (χ3n) is 7.84. The number of thiophene rings is 1. The van der Waals surface area contributed by atoms with E-state index in [2.05, 4.69) is 68.0 Å². The standard InChI is InChI=1S/C28H34N6O2S/c1-2-19-11-12-25-20(15-19)16-24(28(35)29-25)26(27-30-31-32-34(27)21-7-3-4-8-21)33(17-22-9-5-13-36-22)18-23-10-6-14-37-23/h6,10-12,14-16,21-22,26H,2-5,7-9,13,17-18H2,1H3,(H,29,35)/t22-,26+/m0/s1. The van der Waals surface area contributed by atoms with Gasteiger partial charge in [-0.05, 0) is 83.1 Å². The second-order valence-electron chi connectivity index (χ2n) is 10.3. The molecule has 0 bridgehead atoms. The van der Waals surface area contributed by atoms with Crippen LogP contribution in [0.3, 0.4) is 0 Å². The molecule has 2 fully saturated rings. The molecular formula is C28H34N6O2S. The van der Waals surface area contributed by atoms with Gasteiger partial charge in [-0.25, -0.2) is 4.68 Å². The third-order valence-corrected chi connectivity index (χ3v) is 8.70. The molecule has 1 saturated heterocycles. The fourth-order valence-corrected chi connectivity index (χ4v) is 6.63. The van der Waals surface area contributed by atoms with Gasteiger partial charge in [-0.1, -0.05) is 31.9 Å². The molecule has 1 saturated carbocycles. The minimum absolute atomic E-state index is 0.0914. The summed E-state index contributed by atoms with van der Waals surface area (Å²) in [5.41, 5.74) is 2.69. The number of hydrogen-bond acceptors (Lipinski definition) is 7. The summed E-state index contributed by atoms with van der Waals surface area (Å²) in [6.45, 7) is 4.35. The smallest absolute Gasteiger partial charge is 0.253 e. The molecule has 8 nitrogen and oxygen atoms in total. The molecule has 37 heavy (non-hydrogen) atoms. The molecule has 1 aliphatic heterocycles. The van der Waals surface area contributed by atoms with Crippen molar-refractivity contribution >= 4 is 22.2 Å². The first-order chi connectivity index (χ1) is 18.2. The number of fused-ring (bicyclic) bond motifs is 1. The van der Waals surface area contributed by atoms with Crippen LogP contribution in [0.25, 0.3) is 10.9 Å². The van der Waals surface area contributed by atoms with Crippen LogP contribution in [-0.2, 0) is 17.7 Å². The summed E-state index contributed by atoms with van der Waals surface area (Å²) >= 11 is 1.73. The second kappa shape index (κ2) is 10.8. The Kier molecular flexibility index (Phi) is 7.17. The Morgan fingerprint density at radius 2 is 2.08 bits per heavy atom. The fraction of sp³-hybridized carbons (Fsp3) is 0.500. The number of aromatic nitrogens is 5. The molecule has 4 heterocycles.